The summed E-state index contributed by atoms with van der Waals surface area (Å²) in [6.45, 7) is 4.94. The maximum absolute atomic E-state index is 12.1. The minimum absolute atomic E-state index is 0. The van der Waals surface area contributed by atoms with Gasteiger partial charge in [-0.15, -0.1) is 12.4 Å². The number of amides is 1. The van der Waals surface area contributed by atoms with Gasteiger partial charge >= 0.3 is 0 Å². The van der Waals surface area contributed by atoms with Gasteiger partial charge in [-0.25, -0.2) is 0 Å². The van der Waals surface area contributed by atoms with E-state index in [4.69, 9.17) is 5.73 Å². The molecule has 0 spiro atoms. The van der Waals surface area contributed by atoms with Crippen molar-refractivity contribution in [1.29, 1.82) is 0 Å². The van der Waals surface area contributed by atoms with Crippen LogP contribution >= 0.6 is 12.4 Å². The molecule has 0 aromatic heterocycles. The van der Waals surface area contributed by atoms with Gasteiger partial charge in [0.05, 0.1) is 0 Å². The lowest BCUT2D eigenvalue weighted by Crippen LogP contribution is -2.30. The minimum atomic E-state index is 0. The summed E-state index contributed by atoms with van der Waals surface area (Å²) in [6.07, 6.45) is 4.89. The van der Waals surface area contributed by atoms with Crippen molar-refractivity contribution in [2.24, 2.45) is 5.41 Å². The third-order valence-electron chi connectivity index (χ3n) is 3.87. The highest BCUT2D eigenvalue weighted by Crippen LogP contribution is 2.48. The van der Waals surface area contributed by atoms with Crippen LogP contribution in [0, 0.1) is 12.3 Å². The molecule has 1 aliphatic carbocycles. The van der Waals surface area contributed by atoms with Crippen LogP contribution in [0.5, 0.6) is 0 Å². The van der Waals surface area contributed by atoms with E-state index in [-0.39, 0.29) is 18.3 Å². The smallest absolute Gasteiger partial charge is 0.251 e. The fourth-order valence-corrected chi connectivity index (χ4v) is 2.47. The molecule has 2 rings (SSSR count). The first-order valence-corrected chi connectivity index (χ1v) is 6.71. The zero-order valence-corrected chi connectivity index (χ0v) is 12.5. The number of anilines is 1. The second-order valence-corrected chi connectivity index (χ2v) is 5.51. The zero-order chi connectivity index (χ0) is 13.2. The molecule has 1 amide bonds. The van der Waals surface area contributed by atoms with Crippen molar-refractivity contribution in [1.82, 2.24) is 5.32 Å². The molecule has 3 N–H and O–H groups in total. The third-order valence-corrected chi connectivity index (χ3v) is 3.87. The minimum Gasteiger partial charge on any atom is -0.399 e. The lowest BCUT2D eigenvalue weighted by molar-refractivity contribution is 0.0943. The number of nitrogens with one attached hydrogen (secondary N) is 1. The van der Waals surface area contributed by atoms with Gasteiger partial charge in [-0.05, 0) is 49.3 Å². The highest BCUT2D eigenvalue weighted by molar-refractivity contribution is 5.96. The highest BCUT2D eigenvalue weighted by atomic mass is 35.5. The maximum atomic E-state index is 12.1. The van der Waals surface area contributed by atoms with Crippen molar-refractivity contribution < 1.29 is 4.79 Å². The predicted molar refractivity (Wildman–Crippen MR) is 81.7 cm³/mol. The zero-order valence-electron chi connectivity index (χ0n) is 11.7. The van der Waals surface area contributed by atoms with Crippen LogP contribution in [0.15, 0.2) is 18.2 Å². The SMILES string of the molecule is CCCC1(CNC(=O)c2cc(N)ccc2C)CC1.Cl. The van der Waals surface area contributed by atoms with E-state index >= 15 is 0 Å². The van der Waals surface area contributed by atoms with Gasteiger partial charge in [-0.3, -0.25) is 4.79 Å². The number of carbonyl (C=O) groups excluding carboxylic acids is 1. The lowest BCUT2D eigenvalue weighted by Gasteiger charge is -2.15. The number of aryl methyl sites for hydroxylation is 1. The summed E-state index contributed by atoms with van der Waals surface area (Å²) in [6, 6.07) is 5.47. The Morgan fingerprint density at radius 3 is 2.68 bits per heavy atom. The van der Waals surface area contributed by atoms with Crippen LogP contribution in [-0.2, 0) is 0 Å². The Morgan fingerprint density at radius 2 is 2.11 bits per heavy atom. The van der Waals surface area contributed by atoms with Gasteiger partial charge in [-0.1, -0.05) is 19.4 Å². The maximum Gasteiger partial charge on any atom is 0.251 e. The van der Waals surface area contributed by atoms with Crippen LogP contribution in [0.4, 0.5) is 5.69 Å². The molecule has 1 aromatic carbocycles. The Kier molecular flexibility index (Phi) is 5.24. The van der Waals surface area contributed by atoms with Crippen molar-refractivity contribution >= 4 is 24.0 Å². The van der Waals surface area contributed by atoms with Crippen LogP contribution in [0.25, 0.3) is 0 Å². The Labute approximate surface area is 121 Å². The fourth-order valence-electron chi connectivity index (χ4n) is 2.47. The van der Waals surface area contributed by atoms with Gasteiger partial charge in [-0.2, -0.15) is 0 Å². The van der Waals surface area contributed by atoms with Gasteiger partial charge in [0.2, 0.25) is 0 Å². The molecule has 0 radical (unpaired) electrons. The van der Waals surface area contributed by atoms with Gasteiger partial charge in [0, 0.05) is 17.8 Å². The van der Waals surface area contributed by atoms with Gasteiger partial charge < -0.3 is 11.1 Å². The first-order valence-electron chi connectivity index (χ1n) is 6.71. The summed E-state index contributed by atoms with van der Waals surface area (Å²) in [7, 11) is 0. The summed E-state index contributed by atoms with van der Waals surface area (Å²) in [4.78, 5) is 12.1. The molecule has 1 aliphatic rings. The topological polar surface area (TPSA) is 55.1 Å². The van der Waals surface area contributed by atoms with Crippen LogP contribution in [0.3, 0.4) is 0 Å². The van der Waals surface area contributed by atoms with E-state index < -0.39 is 0 Å². The molecule has 1 saturated carbocycles. The number of benzene rings is 1. The Morgan fingerprint density at radius 1 is 1.42 bits per heavy atom. The number of nitrogens with two attached hydrogens (primary N) is 1. The first-order chi connectivity index (χ1) is 8.56. The number of hydrogen-bond acceptors (Lipinski definition) is 2. The Hall–Kier alpha value is -1.22. The van der Waals surface area contributed by atoms with Crippen LogP contribution in [0.1, 0.15) is 48.5 Å². The van der Waals surface area contributed by atoms with E-state index in [1.807, 2.05) is 19.1 Å². The summed E-state index contributed by atoms with van der Waals surface area (Å²) in [5.41, 5.74) is 8.42. The molecule has 0 saturated heterocycles. The normalized spacial score (nSPS) is 15.5. The molecule has 0 bridgehead atoms. The molecule has 106 valence electrons. The van der Waals surface area contributed by atoms with Crippen molar-refractivity contribution in [2.75, 3.05) is 12.3 Å². The average Bonchev–Trinajstić information content (AvgIpc) is 3.10. The van der Waals surface area contributed by atoms with E-state index in [0.29, 0.717) is 16.7 Å². The third kappa shape index (κ3) is 3.87. The van der Waals surface area contributed by atoms with E-state index in [9.17, 15) is 4.79 Å². The van der Waals surface area contributed by atoms with Gasteiger partial charge in [0.25, 0.3) is 5.91 Å². The Bertz CT molecular complexity index is 455. The number of rotatable bonds is 5. The van der Waals surface area contributed by atoms with E-state index in [0.717, 1.165) is 12.1 Å². The average molecular weight is 283 g/mol. The molecule has 1 aromatic rings. The molecule has 0 heterocycles. The lowest BCUT2D eigenvalue weighted by atomic mass is 10.0. The van der Waals surface area contributed by atoms with E-state index in [1.54, 1.807) is 6.07 Å². The van der Waals surface area contributed by atoms with Crippen molar-refractivity contribution in [3.05, 3.63) is 29.3 Å². The molecule has 0 aliphatic heterocycles. The second kappa shape index (κ2) is 6.29. The molecule has 3 nitrogen and oxygen atoms in total. The quantitative estimate of drug-likeness (QED) is 0.814. The van der Waals surface area contributed by atoms with Crippen molar-refractivity contribution in [3.63, 3.8) is 0 Å². The second-order valence-electron chi connectivity index (χ2n) is 5.51. The van der Waals surface area contributed by atoms with Crippen molar-refractivity contribution in [3.8, 4) is 0 Å². The molecule has 0 atom stereocenters. The summed E-state index contributed by atoms with van der Waals surface area (Å²) in [5, 5.41) is 3.06. The largest absolute Gasteiger partial charge is 0.399 e. The summed E-state index contributed by atoms with van der Waals surface area (Å²) >= 11 is 0. The van der Waals surface area contributed by atoms with Gasteiger partial charge in [0.15, 0.2) is 0 Å². The highest BCUT2D eigenvalue weighted by Gasteiger charge is 2.41. The van der Waals surface area contributed by atoms with Crippen LogP contribution in [0.2, 0.25) is 0 Å². The first kappa shape index (κ1) is 15.8. The number of carbonyl (C=O) groups is 1. The van der Waals surface area contributed by atoms with E-state index in [2.05, 4.69) is 12.2 Å². The van der Waals surface area contributed by atoms with Crippen molar-refractivity contribution in [2.45, 2.75) is 39.5 Å². The molecular weight excluding hydrogens is 260 g/mol. The van der Waals surface area contributed by atoms with E-state index in [1.165, 1.54) is 25.7 Å². The molecule has 19 heavy (non-hydrogen) atoms. The number of halogens is 1. The number of nitrogen functional groups attached to an aromatic ring is 1. The Balaban J connectivity index is 0.00000180. The molecule has 4 heteroatoms. The summed E-state index contributed by atoms with van der Waals surface area (Å²) in [5.74, 6) is 0.00202. The molecule has 0 unspecified atom stereocenters. The van der Waals surface area contributed by atoms with Gasteiger partial charge in [0.1, 0.15) is 0 Å². The predicted octanol–water partition coefficient (Wildman–Crippen LogP) is 3.31. The number of hydrogen-bond donors (Lipinski definition) is 2. The molecular formula is C15H23ClN2O. The fraction of sp³-hybridized carbons (Fsp3) is 0.533. The van der Waals surface area contributed by atoms with Crippen LogP contribution < -0.4 is 11.1 Å². The van der Waals surface area contributed by atoms with Crippen LogP contribution in [-0.4, -0.2) is 12.5 Å². The standard InChI is InChI=1S/C15H22N2O.ClH/c1-3-6-15(7-8-15)10-17-14(18)13-9-12(16)5-4-11(13)2;/h4-5,9H,3,6-8,10,16H2,1-2H3,(H,17,18);1H. The molecule has 1 fully saturated rings. The summed E-state index contributed by atoms with van der Waals surface area (Å²) < 4.78 is 0. The monoisotopic (exact) mass is 282 g/mol.